The zero-order valence-electron chi connectivity index (χ0n) is 12.7. The zero-order valence-corrected chi connectivity index (χ0v) is 12.7. The van der Waals surface area contributed by atoms with Crippen LogP contribution in [-0.2, 0) is 4.74 Å². The Morgan fingerprint density at radius 2 is 2.29 bits per heavy atom. The largest absolute Gasteiger partial charge is 0.484 e. The van der Waals surface area contributed by atoms with Gasteiger partial charge in [0.25, 0.3) is 0 Å². The molecule has 1 N–H and O–H groups in total. The molecule has 1 aliphatic heterocycles. The van der Waals surface area contributed by atoms with Gasteiger partial charge in [0.2, 0.25) is 0 Å². The number of nitro benzene ring substituents is 1. The van der Waals surface area contributed by atoms with Crippen molar-refractivity contribution in [3.05, 3.63) is 28.3 Å². The molecule has 1 aromatic rings. The minimum atomic E-state index is -0.405. The van der Waals surface area contributed by atoms with Crippen molar-refractivity contribution in [3.63, 3.8) is 0 Å². The molecule has 2 rings (SSSR count). The summed E-state index contributed by atoms with van der Waals surface area (Å²) >= 11 is 0. The van der Waals surface area contributed by atoms with E-state index in [1.54, 1.807) is 18.2 Å². The van der Waals surface area contributed by atoms with Crippen molar-refractivity contribution in [1.29, 1.82) is 0 Å². The van der Waals surface area contributed by atoms with Crippen LogP contribution in [0.15, 0.2) is 18.2 Å². The molecule has 1 saturated heterocycles. The van der Waals surface area contributed by atoms with Gasteiger partial charge in [-0.1, -0.05) is 6.07 Å². The third-order valence-corrected chi connectivity index (χ3v) is 3.50. The van der Waals surface area contributed by atoms with Crippen LogP contribution in [0.3, 0.4) is 0 Å². The fraction of sp³-hybridized carbons (Fsp3) is 0.600. The summed E-state index contributed by atoms with van der Waals surface area (Å²) in [4.78, 5) is 10.9. The first-order valence-corrected chi connectivity index (χ1v) is 7.23. The lowest BCUT2D eigenvalue weighted by atomic mass is 10.0. The molecule has 21 heavy (non-hydrogen) atoms. The lowest BCUT2D eigenvalue weighted by Gasteiger charge is -2.24. The molecule has 0 spiro atoms. The van der Waals surface area contributed by atoms with Gasteiger partial charge in [0.15, 0.2) is 5.75 Å². The van der Waals surface area contributed by atoms with E-state index in [-0.39, 0.29) is 23.1 Å². The van der Waals surface area contributed by atoms with Gasteiger partial charge in [0.05, 0.1) is 16.6 Å². The SMILES string of the molecule is CC(C)Oc1cccc(NCC2(C)CCCO2)c1[N+](=O)[O-]. The number of anilines is 1. The Hall–Kier alpha value is -1.82. The number of nitro groups is 1. The van der Waals surface area contributed by atoms with Crippen LogP contribution in [0.2, 0.25) is 0 Å². The number of para-hydroxylation sites is 1. The molecule has 0 amide bonds. The van der Waals surface area contributed by atoms with Crippen LogP contribution in [0, 0.1) is 10.1 Å². The fourth-order valence-corrected chi connectivity index (χ4v) is 2.46. The standard InChI is InChI=1S/C15H22N2O4/c1-11(2)21-13-7-4-6-12(14(13)17(18)19)16-10-15(3)8-5-9-20-15/h4,6-7,11,16H,5,8-10H2,1-3H3. The third kappa shape index (κ3) is 3.85. The average Bonchev–Trinajstić information content (AvgIpc) is 2.83. The molecular weight excluding hydrogens is 272 g/mol. The summed E-state index contributed by atoms with van der Waals surface area (Å²) in [6, 6.07) is 5.08. The maximum atomic E-state index is 11.4. The summed E-state index contributed by atoms with van der Waals surface area (Å²) < 4.78 is 11.2. The van der Waals surface area contributed by atoms with E-state index in [9.17, 15) is 10.1 Å². The van der Waals surface area contributed by atoms with Crippen molar-refractivity contribution in [2.24, 2.45) is 0 Å². The number of nitrogens with one attached hydrogen (secondary N) is 1. The molecule has 6 heteroatoms. The van der Waals surface area contributed by atoms with Crippen molar-refractivity contribution < 1.29 is 14.4 Å². The summed E-state index contributed by atoms with van der Waals surface area (Å²) in [5.74, 6) is 0.289. The summed E-state index contributed by atoms with van der Waals surface area (Å²) in [6.07, 6.45) is 1.86. The molecule has 1 fully saturated rings. The number of benzene rings is 1. The van der Waals surface area contributed by atoms with E-state index in [2.05, 4.69) is 5.32 Å². The van der Waals surface area contributed by atoms with E-state index in [1.807, 2.05) is 20.8 Å². The van der Waals surface area contributed by atoms with Crippen molar-refractivity contribution in [2.75, 3.05) is 18.5 Å². The Balaban J connectivity index is 2.19. The van der Waals surface area contributed by atoms with Crippen molar-refractivity contribution in [3.8, 4) is 5.75 Å². The van der Waals surface area contributed by atoms with Crippen LogP contribution in [0.1, 0.15) is 33.6 Å². The molecule has 1 atom stereocenters. The highest BCUT2D eigenvalue weighted by Crippen LogP contribution is 2.36. The second-order valence-electron chi connectivity index (χ2n) is 5.83. The Morgan fingerprint density at radius 1 is 1.52 bits per heavy atom. The summed E-state index contributed by atoms with van der Waals surface area (Å²) in [5, 5.41) is 14.5. The highest BCUT2D eigenvalue weighted by molar-refractivity contribution is 5.68. The van der Waals surface area contributed by atoms with Crippen molar-refractivity contribution >= 4 is 11.4 Å². The second kappa shape index (κ2) is 6.30. The minimum absolute atomic E-state index is 0.0206. The molecule has 6 nitrogen and oxygen atoms in total. The molecule has 0 aromatic heterocycles. The Morgan fingerprint density at radius 3 is 2.86 bits per heavy atom. The highest BCUT2D eigenvalue weighted by atomic mass is 16.6. The molecule has 0 bridgehead atoms. The van der Waals surface area contributed by atoms with Gasteiger partial charge < -0.3 is 14.8 Å². The van der Waals surface area contributed by atoms with Gasteiger partial charge in [0.1, 0.15) is 5.69 Å². The van der Waals surface area contributed by atoms with Crippen molar-refractivity contribution in [1.82, 2.24) is 0 Å². The highest BCUT2D eigenvalue weighted by Gasteiger charge is 2.31. The zero-order chi connectivity index (χ0) is 15.5. The minimum Gasteiger partial charge on any atom is -0.484 e. The third-order valence-electron chi connectivity index (χ3n) is 3.50. The van der Waals surface area contributed by atoms with Crippen LogP contribution in [0.25, 0.3) is 0 Å². The number of hydrogen-bond acceptors (Lipinski definition) is 5. The first-order valence-electron chi connectivity index (χ1n) is 7.23. The van der Waals surface area contributed by atoms with Gasteiger partial charge in [-0.15, -0.1) is 0 Å². The molecule has 0 aliphatic carbocycles. The molecule has 1 aromatic carbocycles. The Bertz CT molecular complexity index is 510. The first kappa shape index (κ1) is 15.6. The van der Waals surface area contributed by atoms with Crippen LogP contribution in [0.5, 0.6) is 5.75 Å². The maximum Gasteiger partial charge on any atom is 0.333 e. The topological polar surface area (TPSA) is 73.6 Å². The van der Waals surface area contributed by atoms with Gasteiger partial charge in [-0.3, -0.25) is 10.1 Å². The predicted molar refractivity (Wildman–Crippen MR) is 80.9 cm³/mol. The molecule has 116 valence electrons. The van der Waals surface area contributed by atoms with Crippen molar-refractivity contribution in [2.45, 2.75) is 45.3 Å². The van der Waals surface area contributed by atoms with Gasteiger partial charge in [-0.25, -0.2) is 0 Å². The van der Waals surface area contributed by atoms with E-state index in [4.69, 9.17) is 9.47 Å². The Kier molecular flexibility index (Phi) is 4.67. The summed E-state index contributed by atoms with van der Waals surface area (Å²) in [5.41, 5.74) is 0.186. The van der Waals surface area contributed by atoms with Crippen LogP contribution < -0.4 is 10.1 Å². The summed E-state index contributed by atoms with van der Waals surface area (Å²) in [7, 11) is 0. The lowest BCUT2D eigenvalue weighted by Crippen LogP contribution is -2.32. The maximum absolute atomic E-state index is 11.4. The molecular formula is C15H22N2O4. The van der Waals surface area contributed by atoms with E-state index in [0.29, 0.717) is 12.2 Å². The fourth-order valence-electron chi connectivity index (χ4n) is 2.46. The predicted octanol–water partition coefficient (Wildman–Crippen LogP) is 3.36. The Labute approximate surface area is 124 Å². The molecule has 0 saturated carbocycles. The smallest absolute Gasteiger partial charge is 0.333 e. The first-order chi connectivity index (χ1) is 9.91. The molecule has 1 unspecified atom stereocenters. The van der Waals surface area contributed by atoms with Crippen LogP contribution in [-0.4, -0.2) is 29.8 Å². The van der Waals surface area contributed by atoms with E-state index >= 15 is 0 Å². The number of hydrogen-bond donors (Lipinski definition) is 1. The summed E-state index contributed by atoms with van der Waals surface area (Å²) in [6.45, 7) is 7.00. The van der Waals surface area contributed by atoms with Crippen LogP contribution >= 0.6 is 0 Å². The van der Waals surface area contributed by atoms with E-state index in [0.717, 1.165) is 19.4 Å². The van der Waals surface area contributed by atoms with Gasteiger partial charge in [0, 0.05) is 13.2 Å². The average molecular weight is 294 g/mol. The van der Waals surface area contributed by atoms with Gasteiger partial charge >= 0.3 is 5.69 Å². The van der Waals surface area contributed by atoms with E-state index < -0.39 is 4.92 Å². The van der Waals surface area contributed by atoms with Gasteiger partial charge in [-0.05, 0) is 45.7 Å². The monoisotopic (exact) mass is 294 g/mol. The quantitative estimate of drug-likeness (QED) is 0.643. The molecule has 0 radical (unpaired) electrons. The molecule has 1 heterocycles. The van der Waals surface area contributed by atoms with Crippen LogP contribution in [0.4, 0.5) is 11.4 Å². The normalized spacial score (nSPS) is 21.5. The van der Waals surface area contributed by atoms with Gasteiger partial charge in [-0.2, -0.15) is 0 Å². The lowest BCUT2D eigenvalue weighted by molar-refractivity contribution is -0.385. The molecule has 1 aliphatic rings. The van der Waals surface area contributed by atoms with E-state index in [1.165, 1.54) is 0 Å². The second-order valence-corrected chi connectivity index (χ2v) is 5.83. The number of ether oxygens (including phenoxy) is 2. The number of nitrogens with zero attached hydrogens (tertiary/aromatic N) is 1. The number of rotatable bonds is 6.